The van der Waals surface area contributed by atoms with Crippen LogP contribution in [0.1, 0.15) is 24.2 Å². The summed E-state index contributed by atoms with van der Waals surface area (Å²) in [6.07, 6.45) is 5.81. The maximum Gasteiger partial charge on any atom is 0.221 e. The van der Waals surface area contributed by atoms with Gasteiger partial charge < -0.3 is 5.32 Å². The van der Waals surface area contributed by atoms with E-state index in [9.17, 15) is 4.79 Å². The summed E-state index contributed by atoms with van der Waals surface area (Å²) in [4.78, 5) is 12.1. The summed E-state index contributed by atoms with van der Waals surface area (Å²) in [5.41, 5.74) is 3.11. The third-order valence-electron chi connectivity index (χ3n) is 4.63. The van der Waals surface area contributed by atoms with Crippen LogP contribution in [0.15, 0.2) is 48.8 Å². The number of nitrogens with one attached hydrogen (secondary N) is 1. The second-order valence-electron chi connectivity index (χ2n) is 6.68. The molecule has 0 radical (unpaired) electrons. The van der Waals surface area contributed by atoms with Crippen molar-refractivity contribution in [3.8, 4) is 0 Å². The van der Waals surface area contributed by atoms with Gasteiger partial charge in [0.25, 0.3) is 0 Å². The fourth-order valence-corrected chi connectivity index (χ4v) is 3.19. The molecule has 7 heteroatoms. The number of hydrogen-bond donors (Lipinski definition) is 1. The average Bonchev–Trinajstić information content (AvgIpc) is 3.27. The van der Waals surface area contributed by atoms with Gasteiger partial charge in [-0.2, -0.15) is 5.10 Å². The highest BCUT2D eigenvalue weighted by molar-refractivity contribution is 5.80. The summed E-state index contributed by atoms with van der Waals surface area (Å²) >= 11 is 0. The molecular formula is C20H22N6O. The molecule has 1 N–H and O–H groups in total. The third-order valence-corrected chi connectivity index (χ3v) is 4.63. The molecule has 0 saturated carbocycles. The molecule has 27 heavy (non-hydrogen) atoms. The quantitative estimate of drug-likeness (QED) is 0.513. The molecule has 0 aliphatic rings. The third kappa shape index (κ3) is 3.81. The number of rotatable bonds is 7. The summed E-state index contributed by atoms with van der Waals surface area (Å²) < 4.78 is 3.87. The average molecular weight is 362 g/mol. The van der Waals surface area contributed by atoms with Crippen LogP contribution >= 0.6 is 0 Å². The van der Waals surface area contributed by atoms with Crippen molar-refractivity contribution in [1.82, 2.24) is 29.7 Å². The minimum Gasteiger partial charge on any atom is -0.356 e. The summed E-state index contributed by atoms with van der Waals surface area (Å²) in [5, 5.41) is 16.8. The van der Waals surface area contributed by atoms with Crippen molar-refractivity contribution in [2.24, 2.45) is 0 Å². The standard InChI is InChI=1S/C20H22N6O/c1-15-7-8-16-14-22-26(17(16)13-15)12-9-20(27)21-10-4-6-19-24-23-18-5-2-3-11-25(18)19/h2-3,5,7-8,11,13-14H,4,6,9-10,12H2,1H3,(H,21,27). The van der Waals surface area contributed by atoms with Gasteiger partial charge in [-0.3, -0.25) is 13.9 Å². The molecule has 3 aromatic heterocycles. The van der Waals surface area contributed by atoms with Crippen LogP contribution < -0.4 is 5.32 Å². The van der Waals surface area contributed by atoms with Crippen molar-refractivity contribution in [2.75, 3.05) is 6.54 Å². The lowest BCUT2D eigenvalue weighted by molar-refractivity contribution is -0.121. The minimum absolute atomic E-state index is 0.0393. The molecule has 1 aromatic carbocycles. The Balaban J connectivity index is 1.24. The van der Waals surface area contributed by atoms with Crippen LogP contribution in [0.3, 0.4) is 0 Å². The van der Waals surface area contributed by atoms with E-state index in [1.807, 2.05) is 39.7 Å². The van der Waals surface area contributed by atoms with Crippen molar-refractivity contribution >= 4 is 22.5 Å². The Morgan fingerprint density at radius 1 is 1.19 bits per heavy atom. The van der Waals surface area contributed by atoms with Crippen molar-refractivity contribution in [2.45, 2.75) is 32.7 Å². The zero-order valence-electron chi connectivity index (χ0n) is 15.3. The van der Waals surface area contributed by atoms with Crippen molar-refractivity contribution in [1.29, 1.82) is 0 Å². The van der Waals surface area contributed by atoms with Crippen LogP contribution in [0.2, 0.25) is 0 Å². The zero-order chi connectivity index (χ0) is 18.6. The highest BCUT2D eigenvalue weighted by Gasteiger charge is 2.07. The predicted molar refractivity (Wildman–Crippen MR) is 103 cm³/mol. The van der Waals surface area contributed by atoms with E-state index in [2.05, 4.69) is 45.7 Å². The number of carbonyl (C=O) groups is 1. The minimum atomic E-state index is 0.0393. The van der Waals surface area contributed by atoms with E-state index in [0.717, 1.165) is 35.2 Å². The molecule has 138 valence electrons. The van der Waals surface area contributed by atoms with E-state index in [1.54, 1.807) is 0 Å². The predicted octanol–water partition coefficient (Wildman–Crippen LogP) is 2.53. The first-order chi connectivity index (χ1) is 13.2. The smallest absolute Gasteiger partial charge is 0.221 e. The van der Waals surface area contributed by atoms with Crippen LogP contribution in [0, 0.1) is 6.92 Å². The second-order valence-corrected chi connectivity index (χ2v) is 6.68. The van der Waals surface area contributed by atoms with E-state index in [4.69, 9.17) is 0 Å². The van der Waals surface area contributed by atoms with Gasteiger partial charge in [0.1, 0.15) is 5.82 Å². The fourth-order valence-electron chi connectivity index (χ4n) is 3.19. The van der Waals surface area contributed by atoms with Crippen LogP contribution in [-0.2, 0) is 17.8 Å². The second kappa shape index (κ2) is 7.57. The zero-order valence-corrected chi connectivity index (χ0v) is 15.3. The number of hydrogen-bond acceptors (Lipinski definition) is 4. The first kappa shape index (κ1) is 17.2. The summed E-state index contributed by atoms with van der Waals surface area (Å²) in [5.74, 6) is 0.954. The normalized spacial score (nSPS) is 11.3. The molecule has 0 unspecified atom stereocenters. The molecule has 0 saturated heterocycles. The molecule has 4 aromatic rings. The van der Waals surface area contributed by atoms with Gasteiger partial charge in [-0.1, -0.05) is 18.2 Å². The van der Waals surface area contributed by atoms with Crippen LogP contribution in [0.25, 0.3) is 16.6 Å². The number of amides is 1. The van der Waals surface area contributed by atoms with Gasteiger partial charge in [-0.15, -0.1) is 10.2 Å². The van der Waals surface area contributed by atoms with Crippen LogP contribution in [0.4, 0.5) is 0 Å². The molecule has 1 amide bonds. The number of aryl methyl sites for hydroxylation is 3. The Kier molecular flexibility index (Phi) is 4.82. The van der Waals surface area contributed by atoms with E-state index in [0.29, 0.717) is 19.5 Å². The molecule has 0 aliphatic heterocycles. The lowest BCUT2D eigenvalue weighted by Crippen LogP contribution is -2.26. The van der Waals surface area contributed by atoms with E-state index in [-0.39, 0.29) is 5.91 Å². The highest BCUT2D eigenvalue weighted by Crippen LogP contribution is 2.15. The Hall–Kier alpha value is -3.22. The van der Waals surface area contributed by atoms with Crippen LogP contribution in [-0.4, -0.2) is 36.8 Å². The van der Waals surface area contributed by atoms with E-state index < -0.39 is 0 Å². The summed E-state index contributed by atoms with van der Waals surface area (Å²) in [7, 11) is 0. The SMILES string of the molecule is Cc1ccc2cnn(CCC(=O)NCCCc3nnc4ccccn34)c2c1. The monoisotopic (exact) mass is 362 g/mol. The maximum atomic E-state index is 12.1. The highest BCUT2D eigenvalue weighted by atomic mass is 16.1. The van der Waals surface area contributed by atoms with Gasteiger partial charge in [0.05, 0.1) is 18.3 Å². The number of benzene rings is 1. The largest absolute Gasteiger partial charge is 0.356 e. The topological polar surface area (TPSA) is 77.1 Å². The number of pyridine rings is 1. The van der Waals surface area contributed by atoms with Crippen LogP contribution in [0.5, 0.6) is 0 Å². The molecule has 0 spiro atoms. The lowest BCUT2D eigenvalue weighted by atomic mass is 10.2. The summed E-state index contributed by atoms with van der Waals surface area (Å²) in [6.45, 7) is 3.26. The molecular weight excluding hydrogens is 340 g/mol. The van der Waals surface area contributed by atoms with Gasteiger partial charge in [0, 0.05) is 31.0 Å². The summed E-state index contributed by atoms with van der Waals surface area (Å²) in [6, 6.07) is 12.1. The van der Waals surface area contributed by atoms with E-state index >= 15 is 0 Å². The molecule has 0 aliphatic carbocycles. The molecule has 0 fully saturated rings. The number of nitrogens with zero attached hydrogens (tertiary/aromatic N) is 5. The van der Waals surface area contributed by atoms with Crippen molar-refractivity contribution in [3.05, 3.63) is 60.2 Å². The van der Waals surface area contributed by atoms with Gasteiger partial charge in [-0.25, -0.2) is 0 Å². The Labute approximate surface area is 157 Å². The Morgan fingerprint density at radius 3 is 3.04 bits per heavy atom. The van der Waals surface area contributed by atoms with Gasteiger partial charge in [-0.05, 0) is 37.1 Å². The maximum absolute atomic E-state index is 12.1. The number of aromatic nitrogens is 5. The lowest BCUT2D eigenvalue weighted by Gasteiger charge is -2.06. The fraction of sp³-hybridized carbons (Fsp3) is 0.300. The van der Waals surface area contributed by atoms with E-state index in [1.165, 1.54) is 5.56 Å². The first-order valence-corrected chi connectivity index (χ1v) is 9.18. The van der Waals surface area contributed by atoms with Crippen molar-refractivity contribution < 1.29 is 4.79 Å². The van der Waals surface area contributed by atoms with Crippen molar-refractivity contribution in [3.63, 3.8) is 0 Å². The molecule has 0 bridgehead atoms. The molecule has 0 atom stereocenters. The van der Waals surface area contributed by atoms with Gasteiger partial charge in [0.15, 0.2) is 5.65 Å². The molecule has 7 nitrogen and oxygen atoms in total. The van der Waals surface area contributed by atoms with Gasteiger partial charge in [0.2, 0.25) is 5.91 Å². The van der Waals surface area contributed by atoms with Gasteiger partial charge >= 0.3 is 0 Å². The molecule has 4 rings (SSSR count). The Morgan fingerprint density at radius 2 is 2.11 bits per heavy atom. The molecule has 3 heterocycles. The Bertz CT molecular complexity index is 1080. The number of carbonyl (C=O) groups excluding carboxylic acids is 1. The number of fused-ring (bicyclic) bond motifs is 2. The first-order valence-electron chi connectivity index (χ1n) is 9.18.